The van der Waals surface area contributed by atoms with Crippen molar-refractivity contribution in [3.05, 3.63) is 15.0 Å². The number of alkyl carbamates (subject to hydrolysis) is 1. The normalized spacial score (nSPS) is 21.2. The lowest BCUT2D eigenvalue weighted by Gasteiger charge is -2.23. The number of ether oxygens (including phenoxy) is 2. The third-order valence-electron chi connectivity index (χ3n) is 4.61. The molecule has 0 aromatic carbocycles. The zero-order chi connectivity index (χ0) is 24.3. The number of nitrogens with one attached hydrogen (secondary N) is 2. The highest BCUT2D eigenvalue weighted by Gasteiger charge is 2.71. The molecule has 13 heteroatoms. The fourth-order valence-electron chi connectivity index (χ4n) is 3.10. The van der Waals surface area contributed by atoms with Crippen LogP contribution in [0.25, 0.3) is 0 Å². The third-order valence-corrected chi connectivity index (χ3v) is 6.20. The summed E-state index contributed by atoms with van der Waals surface area (Å²) < 4.78 is 38.8. The van der Waals surface area contributed by atoms with Crippen molar-refractivity contribution < 1.29 is 32.6 Å². The molecule has 4 N–H and O–H groups in total. The minimum absolute atomic E-state index is 0.0249. The molecule has 9 nitrogen and oxygen atoms in total. The van der Waals surface area contributed by atoms with E-state index in [2.05, 4.69) is 31.5 Å². The molecule has 180 valence electrons. The van der Waals surface area contributed by atoms with E-state index in [0.717, 1.165) is 0 Å². The second-order valence-corrected chi connectivity index (χ2v) is 10.1. The van der Waals surface area contributed by atoms with Gasteiger partial charge in [-0.05, 0) is 43.6 Å². The molecule has 2 unspecified atom stereocenters. The molecule has 0 saturated heterocycles. The Kier molecular flexibility index (Phi) is 8.56. The van der Waals surface area contributed by atoms with E-state index in [-0.39, 0.29) is 13.0 Å². The van der Waals surface area contributed by atoms with Gasteiger partial charge in [0.1, 0.15) is 22.3 Å². The summed E-state index contributed by atoms with van der Waals surface area (Å²) >= 11 is 4.48. The highest BCUT2D eigenvalue weighted by Crippen LogP contribution is 2.56. The van der Waals surface area contributed by atoms with Crippen molar-refractivity contribution in [2.75, 3.05) is 13.2 Å². The van der Waals surface area contributed by atoms with Crippen LogP contribution in [0.5, 0.6) is 0 Å². The first-order valence-electron chi connectivity index (χ1n) is 9.93. The Labute approximate surface area is 196 Å². The predicted molar refractivity (Wildman–Crippen MR) is 116 cm³/mol. The zero-order valence-corrected chi connectivity index (χ0v) is 20.5. The lowest BCUT2D eigenvalue weighted by Crippen LogP contribution is -2.50. The molecule has 1 fully saturated rings. The minimum atomic E-state index is -3.21. The van der Waals surface area contributed by atoms with Crippen LogP contribution in [0, 0.1) is 11.8 Å². The summed E-state index contributed by atoms with van der Waals surface area (Å²) in [5.41, 5.74) is 4.83. The smallest absolute Gasteiger partial charge is 0.408 e. The molecule has 2 rings (SSSR count). The topological polar surface area (TPSA) is 133 Å². The van der Waals surface area contributed by atoms with Gasteiger partial charge >= 0.3 is 12.1 Å². The van der Waals surface area contributed by atoms with Crippen molar-refractivity contribution in [1.29, 1.82) is 0 Å². The van der Waals surface area contributed by atoms with Crippen molar-refractivity contribution in [1.82, 2.24) is 15.6 Å². The van der Waals surface area contributed by atoms with Gasteiger partial charge in [-0.1, -0.05) is 0 Å². The maximum atomic E-state index is 14.2. The highest BCUT2D eigenvalue weighted by atomic mass is 79.9. The van der Waals surface area contributed by atoms with Gasteiger partial charge in [-0.15, -0.1) is 11.3 Å². The summed E-state index contributed by atoms with van der Waals surface area (Å²) in [5, 5.41) is 7.14. The fraction of sp³-hybridized carbons (Fsp3) is 0.684. The summed E-state index contributed by atoms with van der Waals surface area (Å²) in [6, 6.07) is -2.59. The summed E-state index contributed by atoms with van der Waals surface area (Å²) in [5.74, 6) is -7.57. The van der Waals surface area contributed by atoms with Crippen molar-refractivity contribution in [2.45, 2.75) is 57.7 Å². The number of rotatable bonds is 9. The molecule has 1 aliphatic carbocycles. The van der Waals surface area contributed by atoms with Crippen LogP contribution >= 0.6 is 27.3 Å². The van der Waals surface area contributed by atoms with E-state index in [1.54, 1.807) is 33.1 Å². The number of nitrogens with zero attached hydrogens (tertiary/aromatic N) is 1. The van der Waals surface area contributed by atoms with Crippen molar-refractivity contribution in [3.63, 3.8) is 0 Å². The number of alkyl halides is 2. The van der Waals surface area contributed by atoms with E-state index in [0.29, 0.717) is 9.61 Å². The molecule has 1 saturated carbocycles. The van der Waals surface area contributed by atoms with Gasteiger partial charge in [-0.3, -0.25) is 9.59 Å². The summed E-state index contributed by atoms with van der Waals surface area (Å²) in [4.78, 5) is 40.8. The van der Waals surface area contributed by atoms with Crippen molar-refractivity contribution in [2.24, 2.45) is 17.6 Å². The lowest BCUT2D eigenvalue weighted by molar-refractivity contribution is -0.146. The SMILES string of the molecule is CCOC(=O)[C@@H](N)C1C(CNC(=O)[C@H](Cc2nc(Br)cs2)NC(=O)OC(C)(C)C)C1(F)F. The van der Waals surface area contributed by atoms with Crippen LogP contribution in [-0.2, 0) is 25.5 Å². The molecule has 1 aromatic heterocycles. The van der Waals surface area contributed by atoms with Crippen LogP contribution in [0.4, 0.5) is 13.6 Å². The zero-order valence-electron chi connectivity index (χ0n) is 18.1. The van der Waals surface area contributed by atoms with E-state index in [1.165, 1.54) is 11.3 Å². The number of thiazole rings is 1. The standard InChI is InChI=1S/C19H27BrF2N4O5S/c1-5-30-16(28)14(23)13-9(19(13,21)22)7-24-15(27)10(6-12-26-11(20)8-32-12)25-17(29)31-18(2,3)4/h8-10,13-14H,5-7,23H2,1-4H3,(H,24,27)(H,25,29)/t9?,10-,13?,14-/m0/s1. The number of nitrogens with two attached hydrogens (primary N) is 1. The average Bonchev–Trinajstić information content (AvgIpc) is 2.96. The number of hydrogen-bond acceptors (Lipinski definition) is 8. The summed E-state index contributed by atoms with van der Waals surface area (Å²) in [7, 11) is 0. The minimum Gasteiger partial charge on any atom is -0.465 e. The number of hydrogen-bond donors (Lipinski definition) is 3. The molecule has 32 heavy (non-hydrogen) atoms. The Morgan fingerprint density at radius 3 is 2.56 bits per heavy atom. The Bertz CT molecular complexity index is 848. The number of carbonyl (C=O) groups excluding carboxylic acids is 3. The number of amides is 2. The molecule has 1 aromatic rings. The molecule has 1 heterocycles. The monoisotopic (exact) mass is 540 g/mol. The van der Waals surface area contributed by atoms with Gasteiger partial charge in [0.2, 0.25) is 5.91 Å². The molecule has 2 amide bonds. The first-order chi connectivity index (χ1) is 14.8. The second-order valence-electron chi connectivity index (χ2n) is 8.30. The predicted octanol–water partition coefficient (Wildman–Crippen LogP) is 2.23. The van der Waals surface area contributed by atoms with Crippen molar-refractivity contribution >= 4 is 45.2 Å². The van der Waals surface area contributed by atoms with Gasteiger partial charge in [-0.25, -0.2) is 18.6 Å². The van der Waals surface area contributed by atoms with E-state index in [9.17, 15) is 23.2 Å². The van der Waals surface area contributed by atoms with Crippen LogP contribution in [0.3, 0.4) is 0 Å². The van der Waals surface area contributed by atoms with Gasteiger partial charge < -0.3 is 25.8 Å². The number of aromatic nitrogens is 1. The largest absolute Gasteiger partial charge is 0.465 e. The number of halogens is 3. The molecule has 0 aliphatic heterocycles. The first-order valence-corrected chi connectivity index (χ1v) is 11.6. The Balaban J connectivity index is 2.02. The maximum absolute atomic E-state index is 14.2. The number of esters is 1. The molecule has 0 bridgehead atoms. The van der Waals surface area contributed by atoms with Gasteiger partial charge in [-0.2, -0.15) is 0 Å². The fourth-order valence-corrected chi connectivity index (χ4v) is 4.42. The molecule has 0 spiro atoms. The van der Waals surface area contributed by atoms with Crippen LogP contribution in [0.2, 0.25) is 0 Å². The number of carbonyl (C=O) groups is 3. The van der Waals surface area contributed by atoms with Gasteiger partial charge in [0.05, 0.1) is 23.5 Å². The van der Waals surface area contributed by atoms with Crippen LogP contribution in [0.15, 0.2) is 9.98 Å². The molecular formula is C19H27BrF2N4O5S. The van der Waals surface area contributed by atoms with Crippen molar-refractivity contribution in [3.8, 4) is 0 Å². The van der Waals surface area contributed by atoms with Crippen LogP contribution in [-0.4, -0.2) is 59.7 Å². The first kappa shape index (κ1) is 26.4. The van der Waals surface area contributed by atoms with Crippen LogP contribution in [0.1, 0.15) is 32.7 Å². The van der Waals surface area contributed by atoms with E-state index in [1.807, 2.05) is 0 Å². The Morgan fingerprint density at radius 2 is 2.03 bits per heavy atom. The quantitative estimate of drug-likeness (QED) is 0.409. The molecular weight excluding hydrogens is 514 g/mol. The molecule has 4 atom stereocenters. The second kappa shape index (κ2) is 10.4. The summed E-state index contributed by atoms with van der Waals surface area (Å²) in [6.07, 6.45) is -0.791. The third kappa shape index (κ3) is 7.07. The lowest BCUT2D eigenvalue weighted by atomic mass is 10.1. The van der Waals surface area contributed by atoms with E-state index >= 15 is 0 Å². The van der Waals surface area contributed by atoms with Crippen LogP contribution < -0.4 is 16.4 Å². The van der Waals surface area contributed by atoms with Gasteiger partial charge in [0.25, 0.3) is 5.92 Å². The van der Waals surface area contributed by atoms with Gasteiger partial charge in [0, 0.05) is 18.3 Å². The maximum Gasteiger partial charge on any atom is 0.408 e. The van der Waals surface area contributed by atoms with E-state index < -0.39 is 60.0 Å². The average molecular weight is 541 g/mol. The Hall–Kier alpha value is -1.86. The molecule has 0 radical (unpaired) electrons. The summed E-state index contributed by atoms with van der Waals surface area (Å²) in [6.45, 7) is 6.16. The highest BCUT2D eigenvalue weighted by molar-refractivity contribution is 9.10. The Morgan fingerprint density at radius 1 is 1.38 bits per heavy atom. The van der Waals surface area contributed by atoms with E-state index in [4.69, 9.17) is 15.2 Å². The van der Waals surface area contributed by atoms with Gasteiger partial charge in [0.15, 0.2) is 0 Å². The molecule has 1 aliphatic rings.